The van der Waals surface area contributed by atoms with Crippen LogP contribution in [0.15, 0.2) is 52.4 Å². The van der Waals surface area contributed by atoms with Crippen LogP contribution in [0.1, 0.15) is 5.56 Å². The largest absolute Gasteiger partial charge is 0.383 e. The zero-order valence-corrected chi connectivity index (χ0v) is 12.2. The summed E-state index contributed by atoms with van der Waals surface area (Å²) in [7, 11) is 0. The van der Waals surface area contributed by atoms with Crippen LogP contribution in [-0.4, -0.2) is 9.97 Å². The lowest BCUT2D eigenvalue weighted by atomic mass is 10.1. The minimum Gasteiger partial charge on any atom is -0.383 e. The molecular weight excluding hydrogens is 284 g/mol. The average Bonchev–Trinajstić information content (AvgIpc) is 2.45. The van der Waals surface area contributed by atoms with Gasteiger partial charge in [0.05, 0.1) is 5.69 Å². The Morgan fingerprint density at radius 3 is 2.86 bits per heavy atom. The number of nitrogens with zero attached hydrogens (tertiary/aromatic N) is 1. The number of aryl methyl sites for hydroxylation is 1. The molecule has 6 heteroatoms. The Morgan fingerprint density at radius 2 is 2.05 bits per heavy atom. The maximum atomic E-state index is 11.4. The lowest BCUT2D eigenvalue weighted by molar-refractivity contribution is 0.948. The molecule has 0 atom stereocenters. The number of hydrogen-bond acceptors (Lipinski definition) is 5. The number of anilines is 2. The van der Waals surface area contributed by atoms with Gasteiger partial charge in [-0.05, 0) is 17.9 Å². The predicted molar refractivity (Wildman–Crippen MR) is 87.4 cm³/mol. The molecule has 0 amide bonds. The number of nitrogens with one attached hydrogen (secondary N) is 2. The van der Waals surface area contributed by atoms with Gasteiger partial charge in [0.15, 0.2) is 5.16 Å². The number of hydrogen-bond donors (Lipinski definition) is 3. The van der Waals surface area contributed by atoms with Crippen LogP contribution in [0.2, 0.25) is 0 Å². The van der Waals surface area contributed by atoms with Gasteiger partial charge in [0.1, 0.15) is 5.82 Å². The zero-order chi connectivity index (χ0) is 14.8. The quantitative estimate of drug-likeness (QED) is 0.511. The van der Waals surface area contributed by atoms with Gasteiger partial charge in [-0.3, -0.25) is 9.78 Å². The Labute approximate surface area is 125 Å². The zero-order valence-electron chi connectivity index (χ0n) is 11.4. The molecule has 0 spiro atoms. The maximum Gasteiger partial charge on any atom is 0.253 e. The van der Waals surface area contributed by atoms with Crippen LogP contribution in [0.4, 0.5) is 11.5 Å². The highest BCUT2D eigenvalue weighted by atomic mass is 32.2. The fourth-order valence-electron chi connectivity index (χ4n) is 2.12. The monoisotopic (exact) mass is 298 g/mol. The van der Waals surface area contributed by atoms with E-state index < -0.39 is 0 Å². The molecule has 0 radical (unpaired) electrons. The van der Waals surface area contributed by atoms with Crippen molar-refractivity contribution in [3.05, 3.63) is 58.4 Å². The lowest BCUT2D eigenvalue weighted by Gasteiger charge is -2.11. The summed E-state index contributed by atoms with van der Waals surface area (Å²) < 4.78 is 3.26. The summed E-state index contributed by atoms with van der Waals surface area (Å²) in [6, 6.07) is 13.5. The molecule has 0 saturated heterocycles. The second kappa shape index (κ2) is 5.49. The average molecular weight is 298 g/mol. The Balaban J connectivity index is 1.95. The van der Waals surface area contributed by atoms with Gasteiger partial charge in [-0.15, -0.1) is 0 Å². The summed E-state index contributed by atoms with van der Waals surface area (Å²) in [4.78, 5) is 18.1. The Kier molecular flexibility index (Phi) is 3.53. The molecule has 3 aromatic rings. The van der Waals surface area contributed by atoms with E-state index in [9.17, 15) is 4.79 Å². The SMILES string of the molecule is Cc1ccc2ccccc2c1NSc1nc(N)cc(=O)[nH]1. The van der Waals surface area contributed by atoms with E-state index in [1.54, 1.807) is 0 Å². The van der Waals surface area contributed by atoms with Crippen molar-refractivity contribution in [2.75, 3.05) is 10.5 Å². The summed E-state index contributed by atoms with van der Waals surface area (Å²) in [5, 5.41) is 2.71. The molecule has 3 rings (SSSR count). The van der Waals surface area contributed by atoms with E-state index in [1.807, 2.05) is 19.1 Å². The van der Waals surface area contributed by atoms with E-state index in [0.29, 0.717) is 5.16 Å². The molecule has 0 bridgehead atoms. The number of aromatic amines is 1. The lowest BCUT2D eigenvalue weighted by Crippen LogP contribution is -2.10. The van der Waals surface area contributed by atoms with E-state index in [4.69, 9.17) is 5.73 Å². The number of rotatable bonds is 3. The van der Waals surface area contributed by atoms with Crippen LogP contribution in [0.25, 0.3) is 10.8 Å². The highest BCUT2D eigenvalue weighted by molar-refractivity contribution is 8.00. The molecule has 0 aliphatic carbocycles. The number of fused-ring (bicyclic) bond motifs is 1. The normalized spacial score (nSPS) is 10.7. The first-order valence-corrected chi connectivity index (χ1v) is 7.23. The van der Waals surface area contributed by atoms with E-state index in [0.717, 1.165) is 22.0 Å². The van der Waals surface area contributed by atoms with E-state index in [-0.39, 0.29) is 11.4 Å². The molecule has 1 aromatic heterocycles. The van der Waals surface area contributed by atoms with Gasteiger partial charge in [0.2, 0.25) is 0 Å². The van der Waals surface area contributed by atoms with Crippen molar-refractivity contribution in [1.82, 2.24) is 9.97 Å². The molecule has 21 heavy (non-hydrogen) atoms. The molecule has 1 heterocycles. The van der Waals surface area contributed by atoms with Gasteiger partial charge >= 0.3 is 0 Å². The van der Waals surface area contributed by atoms with Crippen LogP contribution < -0.4 is 16.0 Å². The molecule has 0 unspecified atom stereocenters. The molecule has 106 valence electrons. The van der Waals surface area contributed by atoms with Crippen LogP contribution in [0.3, 0.4) is 0 Å². The molecule has 0 fully saturated rings. The van der Waals surface area contributed by atoms with Crippen molar-refractivity contribution in [2.24, 2.45) is 0 Å². The minimum absolute atomic E-state index is 0.206. The Bertz CT molecular complexity index is 860. The molecule has 0 aliphatic heterocycles. The standard InChI is InChI=1S/C15H14N4OS/c1-9-6-7-10-4-2-3-5-11(10)14(9)19-21-15-17-12(16)8-13(20)18-15/h2-8,19H,1H3,(H3,16,17,18,20). The van der Waals surface area contributed by atoms with Gasteiger partial charge in [-0.25, -0.2) is 4.98 Å². The van der Waals surface area contributed by atoms with E-state index in [2.05, 4.69) is 39.0 Å². The van der Waals surface area contributed by atoms with Gasteiger partial charge < -0.3 is 10.5 Å². The highest BCUT2D eigenvalue weighted by Gasteiger charge is 2.06. The number of H-pyrrole nitrogens is 1. The molecular formula is C15H14N4OS. The van der Waals surface area contributed by atoms with E-state index in [1.165, 1.54) is 18.0 Å². The van der Waals surface area contributed by atoms with Gasteiger partial charge in [0, 0.05) is 23.4 Å². The molecule has 5 nitrogen and oxygen atoms in total. The van der Waals surface area contributed by atoms with Crippen molar-refractivity contribution in [1.29, 1.82) is 0 Å². The summed E-state index contributed by atoms with van der Waals surface area (Å²) in [6.07, 6.45) is 0. The third-order valence-electron chi connectivity index (χ3n) is 3.13. The number of benzene rings is 2. The summed E-state index contributed by atoms with van der Waals surface area (Å²) in [6.45, 7) is 2.03. The number of aromatic nitrogens is 2. The minimum atomic E-state index is -0.263. The molecule has 2 aromatic carbocycles. The third kappa shape index (κ3) is 2.85. The van der Waals surface area contributed by atoms with Gasteiger partial charge in [0.25, 0.3) is 5.56 Å². The van der Waals surface area contributed by atoms with Gasteiger partial charge in [-0.1, -0.05) is 36.4 Å². The first-order chi connectivity index (χ1) is 10.1. The third-order valence-corrected chi connectivity index (χ3v) is 3.82. The van der Waals surface area contributed by atoms with Crippen LogP contribution in [-0.2, 0) is 0 Å². The molecule has 0 aliphatic rings. The van der Waals surface area contributed by atoms with Crippen molar-refractivity contribution >= 4 is 34.2 Å². The Hall–Kier alpha value is -2.47. The summed E-state index contributed by atoms with van der Waals surface area (Å²) >= 11 is 1.23. The van der Waals surface area contributed by atoms with E-state index >= 15 is 0 Å². The first-order valence-electron chi connectivity index (χ1n) is 6.41. The van der Waals surface area contributed by atoms with Gasteiger partial charge in [-0.2, -0.15) is 0 Å². The fourth-order valence-corrected chi connectivity index (χ4v) is 2.89. The molecule has 4 N–H and O–H groups in total. The first kappa shape index (κ1) is 13.5. The van der Waals surface area contributed by atoms with Crippen LogP contribution >= 0.6 is 11.9 Å². The summed E-state index contributed by atoms with van der Waals surface area (Å²) in [5.74, 6) is 0.206. The second-order valence-electron chi connectivity index (χ2n) is 4.66. The van der Waals surface area contributed by atoms with Crippen molar-refractivity contribution in [3.8, 4) is 0 Å². The predicted octanol–water partition coefficient (Wildman–Crippen LogP) is 2.93. The summed E-state index contributed by atoms with van der Waals surface area (Å²) in [5.41, 5.74) is 7.44. The van der Waals surface area contributed by atoms with Crippen molar-refractivity contribution < 1.29 is 0 Å². The highest BCUT2D eigenvalue weighted by Crippen LogP contribution is 2.30. The topological polar surface area (TPSA) is 83.8 Å². The van der Waals surface area contributed by atoms with Crippen molar-refractivity contribution in [2.45, 2.75) is 12.1 Å². The number of nitrogens with two attached hydrogens (primary N) is 1. The Morgan fingerprint density at radius 1 is 1.24 bits per heavy atom. The smallest absolute Gasteiger partial charge is 0.253 e. The number of nitrogen functional groups attached to an aromatic ring is 1. The molecule has 0 saturated carbocycles. The maximum absolute atomic E-state index is 11.4. The fraction of sp³-hybridized carbons (Fsp3) is 0.0667. The van der Waals surface area contributed by atoms with Crippen molar-refractivity contribution in [3.63, 3.8) is 0 Å². The second-order valence-corrected chi connectivity index (χ2v) is 5.45. The van der Waals surface area contributed by atoms with Crippen LogP contribution in [0, 0.1) is 6.92 Å². The van der Waals surface area contributed by atoms with Crippen LogP contribution in [0.5, 0.6) is 0 Å².